The minimum atomic E-state index is -0.856. The maximum Gasteiger partial charge on any atom is 0.316 e. The number of aromatic amines is 1. The number of rotatable bonds is 9. The Hall–Kier alpha value is -2.62. The van der Waals surface area contributed by atoms with Crippen LogP contribution >= 0.6 is 0 Å². The highest BCUT2D eigenvalue weighted by atomic mass is 16.5. The summed E-state index contributed by atoms with van der Waals surface area (Å²) in [5.74, 6) is -1.36. The average Bonchev–Trinajstić information content (AvgIpc) is 3.21. The second-order valence-corrected chi connectivity index (χ2v) is 6.77. The van der Waals surface area contributed by atoms with Crippen molar-refractivity contribution in [3.63, 3.8) is 0 Å². The average molecular weight is 375 g/mol. The first kappa shape index (κ1) is 19.2. The zero-order valence-corrected chi connectivity index (χ0v) is 15.3. The standard InChI is InChI=1S/C17H25N7O3/c1-2-3-13(16(25)26)14(15-21-23-24-22-15)8-11-9-19-17(20-10-11)27-12-4-6-18-7-5-12/h9-10,12-14,18H,2-8H2,1H3,(H,25,26)(H,21,22,23,24)/t13?,14-/m0/s1. The second-order valence-electron chi connectivity index (χ2n) is 6.77. The van der Waals surface area contributed by atoms with E-state index in [0.717, 1.165) is 37.9 Å². The van der Waals surface area contributed by atoms with E-state index in [1.165, 1.54) is 0 Å². The number of tetrazole rings is 1. The van der Waals surface area contributed by atoms with Crippen molar-refractivity contribution in [1.82, 2.24) is 35.9 Å². The largest absolute Gasteiger partial charge is 0.481 e. The predicted octanol–water partition coefficient (Wildman–Crippen LogP) is 0.948. The van der Waals surface area contributed by atoms with Gasteiger partial charge in [0.2, 0.25) is 0 Å². The molecule has 1 unspecified atom stereocenters. The normalized spacial score (nSPS) is 17.4. The van der Waals surface area contributed by atoms with Crippen molar-refractivity contribution >= 4 is 5.97 Å². The number of carbonyl (C=O) groups is 1. The number of nitrogens with one attached hydrogen (secondary N) is 2. The van der Waals surface area contributed by atoms with Crippen molar-refractivity contribution in [2.24, 2.45) is 5.92 Å². The third-order valence-electron chi connectivity index (χ3n) is 4.81. The molecule has 0 spiro atoms. The Balaban J connectivity index is 1.70. The zero-order chi connectivity index (χ0) is 19.1. The molecule has 1 saturated heterocycles. The number of hydrogen-bond acceptors (Lipinski definition) is 8. The van der Waals surface area contributed by atoms with Crippen LogP contribution in [0.25, 0.3) is 0 Å². The van der Waals surface area contributed by atoms with Crippen LogP contribution in [0.5, 0.6) is 6.01 Å². The number of aliphatic carboxylic acids is 1. The molecule has 1 aliphatic heterocycles. The highest BCUT2D eigenvalue weighted by molar-refractivity contribution is 5.71. The van der Waals surface area contributed by atoms with Gasteiger partial charge in [-0.1, -0.05) is 13.3 Å². The summed E-state index contributed by atoms with van der Waals surface area (Å²) >= 11 is 0. The number of aromatic nitrogens is 6. The lowest BCUT2D eigenvalue weighted by Crippen LogP contribution is -2.34. The van der Waals surface area contributed by atoms with Crippen LogP contribution in [0.4, 0.5) is 0 Å². The Labute approximate surface area is 157 Å². The van der Waals surface area contributed by atoms with Gasteiger partial charge in [-0.15, -0.1) is 5.10 Å². The summed E-state index contributed by atoms with van der Waals surface area (Å²) in [5.41, 5.74) is 0.816. The van der Waals surface area contributed by atoms with Crippen molar-refractivity contribution in [3.8, 4) is 6.01 Å². The third kappa shape index (κ3) is 5.19. The van der Waals surface area contributed by atoms with E-state index in [4.69, 9.17) is 4.74 Å². The minimum absolute atomic E-state index is 0.131. The first-order valence-corrected chi connectivity index (χ1v) is 9.32. The first-order valence-electron chi connectivity index (χ1n) is 9.32. The topological polar surface area (TPSA) is 139 Å². The molecule has 0 amide bonds. The Morgan fingerprint density at radius 3 is 2.67 bits per heavy atom. The smallest absolute Gasteiger partial charge is 0.316 e. The quantitative estimate of drug-likeness (QED) is 0.584. The number of carboxylic acid groups (broad SMARTS) is 1. The van der Waals surface area contributed by atoms with Crippen LogP contribution in [0.1, 0.15) is 49.9 Å². The molecule has 2 atom stereocenters. The predicted molar refractivity (Wildman–Crippen MR) is 95.2 cm³/mol. The lowest BCUT2D eigenvalue weighted by Gasteiger charge is -2.23. The van der Waals surface area contributed by atoms with Gasteiger partial charge in [0.05, 0.1) is 5.92 Å². The number of H-pyrrole nitrogens is 1. The molecule has 0 saturated carbocycles. The molecular formula is C17H25N7O3. The molecule has 27 heavy (non-hydrogen) atoms. The van der Waals surface area contributed by atoms with Crippen LogP contribution in [0.15, 0.2) is 12.4 Å². The molecule has 10 nitrogen and oxygen atoms in total. The molecule has 0 radical (unpaired) electrons. The molecule has 1 fully saturated rings. The molecule has 10 heteroatoms. The van der Waals surface area contributed by atoms with E-state index < -0.39 is 11.9 Å². The maximum absolute atomic E-state index is 11.8. The molecule has 2 aromatic heterocycles. The van der Waals surface area contributed by atoms with Crippen molar-refractivity contribution in [1.29, 1.82) is 0 Å². The Kier molecular flexibility index (Phi) is 6.64. The Morgan fingerprint density at radius 2 is 2.07 bits per heavy atom. The van der Waals surface area contributed by atoms with Crippen LogP contribution < -0.4 is 10.1 Å². The fraction of sp³-hybridized carbons (Fsp3) is 0.647. The molecule has 146 valence electrons. The molecule has 3 rings (SSSR count). The molecule has 3 heterocycles. The molecule has 1 aliphatic rings. The van der Waals surface area contributed by atoms with E-state index in [1.807, 2.05) is 6.92 Å². The molecule has 0 aromatic carbocycles. The van der Waals surface area contributed by atoms with Crippen LogP contribution in [0.3, 0.4) is 0 Å². The lowest BCUT2D eigenvalue weighted by atomic mass is 9.84. The molecule has 3 N–H and O–H groups in total. The summed E-state index contributed by atoms with van der Waals surface area (Å²) in [6.07, 6.45) is 7.10. The fourth-order valence-corrected chi connectivity index (χ4v) is 3.39. The number of hydrogen-bond donors (Lipinski definition) is 3. The minimum Gasteiger partial charge on any atom is -0.481 e. The van der Waals surface area contributed by atoms with E-state index >= 15 is 0 Å². The van der Waals surface area contributed by atoms with Gasteiger partial charge in [0, 0.05) is 18.3 Å². The van der Waals surface area contributed by atoms with Gasteiger partial charge in [-0.25, -0.2) is 15.1 Å². The number of nitrogens with zero attached hydrogens (tertiary/aromatic N) is 5. The van der Waals surface area contributed by atoms with Gasteiger partial charge in [-0.3, -0.25) is 4.79 Å². The third-order valence-corrected chi connectivity index (χ3v) is 4.81. The fourth-order valence-electron chi connectivity index (χ4n) is 3.39. The highest BCUT2D eigenvalue weighted by Crippen LogP contribution is 2.29. The zero-order valence-electron chi connectivity index (χ0n) is 15.3. The van der Waals surface area contributed by atoms with Crippen LogP contribution in [0.2, 0.25) is 0 Å². The van der Waals surface area contributed by atoms with E-state index in [-0.39, 0.29) is 12.0 Å². The van der Waals surface area contributed by atoms with Gasteiger partial charge in [-0.2, -0.15) is 0 Å². The van der Waals surface area contributed by atoms with Gasteiger partial charge in [0.1, 0.15) is 6.10 Å². The summed E-state index contributed by atoms with van der Waals surface area (Å²) in [4.78, 5) is 20.3. The highest BCUT2D eigenvalue weighted by Gasteiger charge is 2.31. The van der Waals surface area contributed by atoms with E-state index in [1.54, 1.807) is 12.4 Å². The molecule has 0 bridgehead atoms. The molecule has 0 aliphatic carbocycles. The summed E-state index contributed by atoms with van der Waals surface area (Å²) in [6.45, 7) is 3.83. The lowest BCUT2D eigenvalue weighted by molar-refractivity contribution is -0.143. The van der Waals surface area contributed by atoms with Crippen LogP contribution in [-0.2, 0) is 11.2 Å². The maximum atomic E-state index is 11.8. The van der Waals surface area contributed by atoms with E-state index in [0.29, 0.717) is 24.7 Å². The summed E-state index contributed by atoms with van der Waals surface area (Å²) < 4.78 is 5.82. The Morgan fingerprint density at radius 1 is 1.33 bits per heavy atom. The Bertz CT molecular complexity index is 702. The van der Waals surface area contributed by atoms with Gasteiger partial charge in [0.25, 0.3) is 0 Å². The molecular weight excluding hydrogens is 350 g/mol. The summed E-state index contributed by atoms with van der Waals surface area (Å²) in [5, 5.41) is 26.8. The molecule has 2 aromatic rings. The van der Waals surface area contributed by atoms with E-state index in [9.17, 15) is 9.90 Å². The SMILES string of the molecule is CCCC(C(=O)O)[C@H](Cc1cnc(OC2CCNCC2)nc1)c1nnn[nH]1. The summed E-state index contributed by atoms with van der Waals surface area (Å²) in [6, 6.07) is 0.354. The van der Waals surface area contributed by atoms with Gasteiger partial charge in [0.15, 0.2) is 5.82 Å². The summed E-state index contributed by atoms with van der Waals surface area (Å²) in [7, 11) is 0. The number of carboxylic acids is 1. The van der Waals surface area contributed by atoms with Crippen molar-refractivity contribution in [3.05, 3.63) is 23.8 Å². The monoisotopic (exact) mass is 375 g/mol. The van der Waals surface area contributed by atoms with Crippen LogP contribution in [-0.4, -0.2) is 60.9 Å². The number of piperidine rings is 1. The van der Waals surface area contributed by atoms with Crippen molar-refractivity contribution < 1.29 is 14.6 Å². The van der Waals surface area contributed by atoms with Crippen LogP contribution in [0, 0.1) is 5.92 Å². The first-order chi connectivity index (χ1) is 13.2. The van der Waals surface area contributed by atoms with Gasteiger partial charge < -0.3 is 15.2 Å². The van der Waals surface area contributed by atoms with E-state index in [2.05, 4.69) is 35.9 Å². The van der Waals surface area contributed by atoms with Gasteiger partial charge >= 0.3 is 12.0 Å². The van der Waals surface area contributed by atoms with Crippen molar-refractivity contribution in [2.75, 3.05) is 13.1 Å². The van der Waals surface area contributed by atoms with Gasteiger partial charge in [-0.05, 0) is 54.8 Å². The number of ether oxygens (including phenoxy) is 1. The van der Waals surface area contributed by atoms with Crippen molar-refractivity contribution in [2.45, 2.75) is 51.0 Å². The second kappa shape index (κ2) is 9.36.